The molecular weight excluding hydrogens is 512 g/mol. The number of rotatable bonds is 11. The van der Waals surface area contributed by atoms with Gasteiger partial charge in [-0.3, -0.25) is 9.59 Å². The van der Waals surface area contributed by atoms with E-state index in [9.17, 15) is 14.4 Å². The lowest BCUT2D eigenvalue weighted by molar-refractivity contribution is -0.142. The van der Waals surface area contributed by atoms with E-state index in [4.69, 9.17) is 19.3 Å². The molecule has 5 rings (SSSR count). The molecule has 4 aliphatic rings. The predicted molar refractivity (Wildman–Crippen MR) is 149 cm³/mol. The number of carbonyl (C=O) groups is 3. The summed E-state index contributed by atoms with van der Waals surface area (Å²) in [5, 5.41) is 14.9. The van der Waals surface area contributed by atoms with E-state index in [1.165, 1.54) is 0 Å². The first kappa shape index (κ1) is 28.6. The van der Waals surface area contributed by atoms with Crippen molar-refractivity contribution in [2.24, 2.45) is 34.5 Å². The molecule has 3 N–H and O–H groups in total. The second kappa shape index (κ2) is 11.9. The van der Waals surface area contributed by atoms with Gasteiger partial charge in [-0.15, -0.1) is 0 Å². The molecule has 0 saturated heterocycles. The van der Waals surface area contributed by atoms with Crippen LogP contribution in [0.3, 0.4) is 0 Å². The van der Waals surface area contributed by atoms with Crippen molar-refractivity contribution in [3.63, 3.8) is 0 Å². The summed E-state index contributed by atoms with van der Waals surface area (Å²) in [7, 11) is 0. The molecule has 9 nitrogen and oxygen atoms in total. The minimum Gasteiger partial charge on any atom is -0.491 e. The van der Waals surface area contributed by atoms with Crippen LogP contribution in [0.2, 0.25) is 0 Å². The van der Waals surface area contributed by atoms with Gasteiger partial charge in [0, 0.05) is 23.1 Å². The Labute approximate surface area is 236 Å². The molecule has 0 unspecified atom stereocenters. The number of anilines is 1. The van der Waals surface area contributed by atoms with E-state index in [0.717, 1.165) is 44.2 Å². The van der Waals surface area contributed by atoms with Crippen LogP contribution in [0.15, 0.2) is 36.4 Å². The highest BCUT2D eigenvalue weighted by Gasteiger charge is 2.60. The molecule has 3 fully saturated rings. The predicted octanol–water partition coefficient (Wildman–Crippen LogP) is 4.04. The Morgan fingerprint density at radius 2 is 1.73 bits per heavy atom. The zero-order chi connectivity index (χ0) is 28.3. The minimum atomic E-state index is -1.00. The summed E-state index contributed by atoms with van der Waals surface area (Å²) in [4.78, 5) is 35.9. The molecule has 2 amide bonds. The van der Waals surface area contributed by atoms with E-state index < -0.39 is 5.97 Å². The third-order valence-corrected chi connectivity index (χ3v) is 10.2. The van der Waals surface area contributed by atoms with Crippen LogP contribution in [-0.2, 0) is 23.9 Å². The average molecular weight is 555 g/mol. The molecule has 9 heteroatoms. The molecule has 0 radical (unpaired) electrons. The van der Waals surface area contributed by atoms with Crippen molar-refractivity contribution in [3.8, 4) is 5.75 Å². The molecule has 1 aromatic carbocycles. The Hall–Kier alpha value is -2.91. The highest BCUT2D eigenvalue weighted by Crippen LogP contribution is 2.65. The standard InChI is InChI=1S/C31H42N2O7/c1-30-13-11-24-22(7-10-26-31(24,2)14-12-27(34)33-26)23(30)8-9-25(30)29(37)32-20-3-5-21(6-4-20)40-18-17-38-15-16-39-19-28(35)36/h3-6,12,14,22-26H,7-11,13,15-19H2,1-2H3,(H,32,37)(H,33,34)(H,35,36)/t22-,23-,24-,25+,26+,30-,31+/m0/s1. The van der Waals surface area contributed by atoms with Gasteiger partial charge < -0.3 is 30.0 Å². The molecule has 40 heavy (non-hydrogen) atoms. The molecule has 0 spiro atoms. The zero-order valence-corrected chi connectivity index (χ0v) is 23.5. The Kier molecular flexibility index (Phi) is 8.52. The largest absolute Gasteiger partial charge is 0.491 e. The van der Waals surface area contributed by atoms with E-state index in [0.29, 0.717) is 43.3 Å². The van der Waals surface area contributed by atoms with Gasteiger partial charge >= 0.3 is 5.97 Å². The van der Waals surface area contributed by atoms with Crippen LogP contribution in [0.25, 0.3) is 0 Å². The smallest absolute Gasteiger partial charge is 0.329 e. The topological polar surface area (TPSA) is 123 Å². The lowest BCUT2D eigenvalue weighted by atomic mass is 9.48. The summed E-state index contributed by atoms with van der Waals surface area (Å²) in [6.45, 7) is 5.59. The maximum absolute atomic E-state index is 13.5. The summed E-state index contributed by atoms with van der Waals surface area (Å²) in [5.74, 6) is 1.50. The second-order valence-electron chi connectivity index (χ2n) is 12.3. The summed E-state index contributed by atoms with van der Waals surface area (Å²) < 4.78 is 16.0. The van der Waals surface area contributed by atoms with Gasteiger partial charge in [-0.25, -0.2) is 4.79 Å². The monoisotopic (exact) mass is 554 g/mol. The maximum atomic E-state index is 13.5. The molecule has 0 aromatic heterocycles. The van der Waals surface area contributed by atoms with Gasteiger partial charge in [0.05, 0.1) is 19.8 Å². The third-order valence-electron chi connectivity index (χ3n) is 10.2. The summed E-state index contributed by atoms with van der Waals surface area (Å²) >= 11 is 0. The van der Waals surface area contributed by atoms with Crippen LogP contribution in [0, 0.1) is 34.5 Å². The first-order valence-electron chi connectivity index (χ1n) is 14.6. The maximum Gasteiger partial charge on any atom is 0.329 e. The van der Waals surface area contributed by atoms with Crippen LogP contribution in [-0.4, -0.2) is 62.0 Å². The Morgan fingerprint density at radius 1 is 0.975 bits per heavy atom. The SMILES string of the molecule is C[C@]12C=CC(=O)N[C@@H]1CC[C@@H]1[C@@H]2CC[C@]2(C)[C@@H](C(=O)Nc3ccc(OCCOCCOCC(=O)O)cc3)CC[C@@H]12. The molecule has 1 aliphatic heterocycles. The number of amides is 2. The van der Waals surface area contributed by atoms with E-state index in [2.05, 4.69) is 30.6 Å². The molecule has 1 aromatic rings. The van der Waals surface area contributed by atoms with E-state index in [1.807, 2.05) is 24.3 Å². The number of benzene rings is 1. The van der Waals surface area contributed by atoms with Gasteiger partial charge in [-0.1, -0.05) is 19.9 Å². The van der Waals surface area contributed by atoms with Gasteiger partial charge in [0.15, 0.2) is 0 Å². The van der Waals surface area contributed by atoms with Crippen molar-refractivity contribution in [1.29, 1.82) is 0 Å². The van der Waals surface area contributed by atoms with Gasteiger partial charge in [-0.2, -0.15) is 0 Å². The number of hydrogen-bond donors (Lipinski definition) is 3. The number of nitrogens with one attached hydrogen (secondary N) is 2. The number of ether oxygens (including phenoxy) is 3. The Bertz CT molecular complexity index is 1120. The van der Waals surface area contributed by atoms with Crippen molar-refractivity contribution < 1.29 is 33.7 Å². The molecule has 0 bridgehead atoms. The number of carboxylic acid groups (broad SMARTS) is 1. The van der Waals surface area contributed by atoms with E-state index in [-0.39, 0.29) is 47.8 Å². The van der Waals surface area contributed by atoms with Gasteiger partial charge in [-0.05, 0) is 92.0 Å². The quantitative estimate of drug-likeness (QED) is 0.353. The zero-order valence-electron chi connectivity index (χ0n) is 23.5. The van der Waals surface area contributed by atoms with Gasteiger partial charge in [0.2, 0.25) is 11.8 Å². The number of aliphatic carboxylic acids is 1. The van der Waals surface area contributed by atoms with Crippen molar-refractivity contribution in [2.45, 2.75) is 58.4 Å². The fraction of sp³-hybridized carbons (Fsp3) is 0.645. The summed E-state index contributed by atoms with van der Waals surface area (Å²) in [6.07, 6.45) is 10.2. The van der Waals surface area contributed by atoms with Crippen molar-refractivity contribution in [2.75, 3.05) is 38.4 Å². The highest BCUT2D eigenvalue weighted by atomic mass is 16.5. The number of hydrogen-bond acceptors (Lipinski definition) is 6. The lowest BCUT2D eigenvalue weighted by Crippen LogP contribution is -2.59. The Morgan fingerprint density at radius 3 is 2.50 bits per heavy atom. The molecule has 3 aliphatic carbocycles. The average Bonchev–Trinajstić information content (AvgIpc) is 3.28. The first-order chi connectivity index (χ1) is 19.2. The van der Waals surface area contributed by atoms with Crippen molar-refractivity contribution >= 4 is 23.5 Å². The van der Waals surface area contributed by atoms with Crippen LogP contribution < -0.4 is 15.4 Å². The van der Waals surface area contributed by atoms with Crippen LogP contribution in [0.5, 0.6) is 5.75 Å². The molecule has 1 heterocycles. The van der Waals surface area contributed by atoms with Crippen molar-refractivity contribution in [1.82, 2.24) is 5.32 Å². The second-order valence-corrected chi connectivity index (χ2v) is 12.3. The molecule has 218 valence electrons. The minimum absolute atomic E-state index is 0.00173. The molecular formula is C31H42N2O7. The summed E-state index contributed by atoms with van der Waals surface area (Å²) in [6, 6.07) is 7.63. The first-order valence-corrected chi connectivity index (χ1v) is 14.6. The number of carboxylic acids is 1. The lowest BCUT2D eigenvalue weighted by Gasteiger charge is -2.58. The fourth-order valence-electron chi connectivity index (χ4n) is 8.23. The van der Waals surface area contributed by atoms with E-state index >= 15 is 0 Å². The third kappa shape index (κ3) is 5.77. The molecule has 3 saturated carbocycles. The highest BCUT2D eigenvalue weighted by molar-refractivity contribution is 5.93. The Balaban J connectivity index is 1.11. The van der Waals surface area contributed by atoms with Crippen LogP contribution in [0.1, 0.15) is 52.4 Å². The van der Waals surface area contributed by atoms with Crippen LogP contribution >= 0.6 is 0 Å². The normalized spacial score (nSPS) is 34.2. The summed E-state index contributed by atoms with van der Waals surface area (Å²) in [5.41, 5.74) is 0.767. The van der Waals surface area contributed by atoms with Gasteiger partial charge in [0.1, 0.15) is 19.0 Å². The number of fused-ring (bicyclic) bond motifs is 5. The van der Waals surface area contributed by atoms with Crippen molar-refractivity contribution in [3.05, 3.63) is 36.4 Å². The molecule has 7 atom stereocenters. The van der Waals surface area contributed by atoms with Gasteiger partial charge in [0.25, 0.3) is 0 Å². The van der Waals surface area contributed by atoms with Crippen LogP contribution in [0.4, 0.5) is 5.69 Å². The fourth-order valence-corrected chi connectivity index (χ4v) is 8.23. The number of carbonyl (C=O) groups excluding carboxylic acids is 2. The van der Waals surface area contributed by atoms with E-state index in [1.54, 1.807) is 6.08 Å².